The molecular formula is C45H81N2O7P. The normalized spacial score (nSPS) is 14.9. The lowest BCUT2D eigenvalue weighted by atomic mass is 10.0. The number of nitrogens with one attached hydrogen (secondary N) is 1. The van der Waals surface area contributed by atoms with Crippen molar-refractivity contribution in [3.05, 3.63) is 60.8 Å². The minimum absolute atomic E-state index is 0.0245. The van der Waals surface area contributed by atoms with Crippen LogP contribution in [0.1, 0.15) is 162 Å². The van der Waals surface area contributed by atoms with E-state index >= 15 is 0 Å². The molecule has 1 unspecified atom stereocenters. The van der Waals surface area contributed by atoms with Crippen LogP contribution in [-0.2, 0) is 23.2 Å². The van der Waals surface area contributed by atoms with E-state index in [0.717, 1.165) is 57.8 Å². The number of quaternary nitrogens is 1. The van der Waals surface area contributed by atoms with Crippen LogP contribution in [0.2, 0.25) is 0 Å². The van der Waals surface area contributed by atoms with E-state index < -0.39 is 26.6 Å². The van der Waals surface area contributed by atoms with E-state index in [2.05, 4.69) is 37.4 Å². The van der Waals surface area contributed by atoms with Crippen molar-refractivity contribution in [2.75, 3.05) is 40.9 Å². The lowest BCUT2D eigenvalue weighted by molar-refractivity contribution is -0.870. The van der Waals surface area contributed by atoms with Crippen LogP contribution in [0.5, 0.6) is 0 Å². The predicted molar refractivity (Wildman–Crippen MR) is 229 cm³/mol. The van der Waals surface area contributed by atoms with Crippen LogP contribution in [0.4, 0.5) is 0 Å². The predicted octanol–water partition coefficient (Wildman–Crippen LogP) is 10.4. The Balaban J connectivity index is 4.62. The number of rotatable bonds is 38. The Kier molecular flexibility index (Phi) is 34.8. The largest absolute Gasteiger partial charge is 0.756 e. The van der Waals surface area contributed by atoms with Gasteiger partial charge in [-0.3, -0.25) is 14.2 Å². The van der Waals surface area contributed by atoms with Crippen molar-refractivity contribution in [1.82, 2.24) is 5.32 Å². The number of aliphatic hydroxyl groups is 1. The summed E-state index contributed by atoms with van der Waals surface area (Å²) in [4.78, 5) is 37.0. The zero-order valence-electron chi connectivity index (χ0n) is 35.6. The third kappa shape index (κ3) is 38.5. The maximum Gasteiger partial charge on any atom is 0.268 e. The number of hydrogen-bond acceptors (Lipinski definition) is 7. The van der Waals surface area contributed by atoms with Gasteiger partial charge in [-0.05, 0) is 51.0 Å². The van der Waals surface area contributed by atoms with Crippen LogP contribution in [0.25, 0.3) is 0 Å². The summed E-state index contributed by atoms with van der Waals surface area (Å²) >= 11 is 0. The number of aliphatic hydroxyl groups excluding tert-OH is 1. The number of ketones is 1. The summed E-state index contributed by atoms with van der Waals surface area (Å²) in [6.45, 7) is 4.41. The van der Waals surface area contributed by atoms with Gasteiger partial charge >= 0.3 is 0 Å². The molecule has 318 valence electrons. The molecule has 0 radical (unpaired) electrons. The van der Waals surface area contributed by atoms with Gasteiger partial charge < -0.3 is 28.8 Å². The second-order valence-electron chi connectivity index (χ2n) is 15.7. The van der Waals surface area contributed by atoms with Crippen LogP contribution in [0, 0.1) is 0 Å². The summed E-state index contributed by atoms with van der Waals surface area (Å²) in [5.41, 5.74) is 0. The quantitative estimate of drug-likeness (QED) is 0.0159. The first-order valence-corrected chi connectivity index (χ1v) is 23.1. The maximum atomic E-state index is 12.8. The standard InChI is InChI=1S/C45H81N2O7P/c1-6-8-10-11-12-13-14-15-16-17-20-23-26-29-33-37-44(49)43(41-54-55(51,52)53-40-39-47(3,4)5)46-45(50)38-34-30-27-24-21-18-19-22-25-28-32-36-42(48)35-31-9-7-2/h18-19,24-25,27-28,32-33,36-37,43-44,49H,6-17,20-23,26,29-31,34-35,38-41H2,1-5H3,(H-,46,50,51,52)/b19-18-,27-24-,28-25-,36-32+,37-33+/t43-,44+/m0/s1. The summed E-state index contributed by atoms with van der Waals surface area (Å²) in [5, 5.41) is 13.7. The molecule has 9 nitrogen and oxygen atoms in total. The molecule has 2 N–H and O–H groups in total. The molecule has 0 saturated heterocycles. The van der Waals surface area contributed by atoms with Crippen molar-refractivity contribution in [2.24, 2.45) is 0 Å². The number of amides is 1. The number of nitrogens with zero attached hydrogens (tertiary/aromatic N) is 1. The number of carbonyl (C=O) groups excluding carboxylic acids is 2. The number of unbranched alkanes of at least 4 members (excludes halogenated alkanes) is 16. The highest BCUT2D eigenvalue weighted by molar-refractivity contribution is 7.45. The van der Waals surface area contributed by atoms with Crippen molar-refractivity contribution in [3.63, 3.8) is 0 Å². The Bertz CT molecular complexity index is 1140. The van der Waals surface area contributed by atoms with Crippen molar-refractivity contribution in [3.8, 4) is 0 Å². The fourth-order valence-electron chi connectivity index (χ4n) is 5.69. The van der Waals surface area contributed by atoms with Gasteiger partial charge in [-0.15, -0.1) is 0 Å². The number of hydrogen-bond donors (Lipinski definition) is 2. The van der Waals surface area contributed by atoms with E-state index in [-0.39, 0.29) is 24.7 Å². The average molecular weight is 793 g/mol. The fraction of sp³-hybridized carbons (Fsp3) is 0.733. The number of likely N-dealkylation sites (N-methyl/N-ethyl adjacent to an activating group) is 1. The monoisotopic (exact) mass is 793 g/mol. The summed E-state index contributed by atoms with van der Waals surface area (Å²) < 4.78 is 23.1. The SMILES string of the molecule is CCCCCCCCCCCCCCC/C=C/[C@@H](O)[C@H](COP(=O)([O-])OCC[N+](C)(C)C)NC(=O)CCC/C=C\C/C=C\C/C=C\C=C\C(=O)CCCCC. The van der Waals surface area contributed by atoms with Crippen molar-refractivity contribution < 1.29 is 37.7 Å². The molecule has 0 saturated carbocycles. The lowest BCUT2D eigenvalue weighted by Crippen LogP contribution is -2.45. The van der Waals surface area contributed by atoms with Gasteiger partial charge in [0.05, 0.1) is 39.9 Å². The molecule has 10 heteroatoms. The molecule has 0 aliphatic carbocycles. The first kappa shape index (κ1) is 52.9. The molecule has 1 amide bonds. The highest BCUT2D eigenvalue weighted by atomic mass is 31.2. The molecule has 0 aliphatic heterocycles. The van der Waals surface area contributed by atoms with Crippen LogP contribution >= 0.6 is 7.82 Å². The molecule has 3 atom stereocenters. The molecule has 0 spiro atoms. The second kappa shape index (κ2) is 36.2. The Morgan fingerprint density at radius 3 is 1.85 bits per heavy atom. The van der Waals surface area contributed by atoms with Gasteiger partial charge in [-0.25, -0.2) is 0 Å². The first-order valence-electron chi connectivity index (χ1n) is 21.6. The smallest absolute Gasteiger partial charge is 0.268 e. The van der Waals surface area contributed by atoms with Crippen LogP contribution < -0.4 is 10.2 Å². The minimum Gasteiger partial charge on any atom is -0.756 e. The van der Waals surface area contributed by atoms with E-state index in [1.807, 2.05) is 45.4 Å². The molecule has 0 heterocycles. The van der Waals surface area contributed by atoms with E-state index in [0.29, 0.717) is 23.9 Å². The molecule has 0 rings (SSSR count). The number of phosphoric acid groups is 1. The highest BCUT2D eigenvalue weighted by Crippen LogP contribution is 2.38. The van der Waals surface area contributed by atoms with Gasteiger partial charge in [0.25, 0.3) is 7.82 Å². The molecule has 0 aromatic rings. The Labute approximate surface area is 337 Å². The van der Waals surface area contributed by atoms with Crippen LogP contribution in [-0.4, -0.2) is 74.3 Å². The van der Waals surface area contributed by atoms with Gasteiger partial charge in [0.15, 0.2) is 5.78 Å². The Morgan fingerprint density at radius 2 is 1.24 bits per heavy atom. The van der Waals surface area contributed by atoms with Crippen molar-refractivity contribution in [2.45, 2.75) is 174 Å². The van der Waals surface area contributed by atoms with Gasteiger partial charge in [0, 0.05) is 12.8 Å². The average Bonchev–Trinajstić information content (AvgIpc) is 3.13. The summed E-state index contributed by atoms with van der Waals surface area (Å²) in [6.07, 6.45) is 42.5. The number of allylic oxidation sites excluding steroid dienone is 9. The topological polar surface area (TPSA) is 125 Å². The van der Waals surface area contributed by atoms with Crippen LogP contribution in [0.3, 0.4) is 0 Å². The van der Waals surface area contributed by atoms with Gasteiger partial charge in [-0.2, -0.15) is 0 Å². The lowest BCUT2D eigenvalue weighted by Gasteiger charge is -2.29. The zero-order chi connectivity index (χ0) is 40.9. The van der Waals surface area contributed by atoms with E-state index in [4.69, 9.17) is 9.05 Å². The van der Waals surface area contributed by atoms with Gasteiger partial charge in [0.2, 0.25) is 5.91 Å². The summed E-state index contributed by atoms with van der Waals surface area (Å²) in [5.74, 6) is -0.102. The molecule has 0 aromatic carbocycles. The van der Waals surface area contributed by atoms with E-state index in [1.54, 1.807) is 18.2 Å². The maximum absolute atomic E-state index is 12.8. The van der Waals surface area contributed by atoms with Gasteiger partial charge in [-0.1, -0.05) is 158 Å². The van der Waals surface area contributed by atoms with Crippen molar-refractivity contribution in [1.29, 1.82) is 0 Å². The number of phosphoric ester groups is 1. The zero-order valence-corrected chi connectivity index (χ0v) is 36.5. The Hall–Kier alpha value is -2.13. The van der Waals surface area contributed by atoms with Crippen LogP contribution in [0.15, 0.2) is 60.8 Å². The Morgan fingerprint density at radius 1 is 0.691 bits per heavy atom. The van der Waals surface area contributed by atoms with E-state index in [9.17, 15) is 24.2 Å². The number of carbonyl (C=O) groups is 2. The molecular weight excluding hydrogens is 711 g/mol. The molecule has 0 aromatic heterocycles. The third-order valence-electron chi connectivity index (χ3n) is 9.20. The molecule has 0 bridgehead atoms. The second-order valence-corrected chi connectivity index (χ2v) is 17.1. The molecule has 0 aliphatic rings. The van der Waals surface area contributed by atoms with E-state index in [1.165, 1.54) is 70.6 Å². The molecule has 55 heavy (non-hydrogen) atoms. The summed E-state index contributed by atoms with van der Waals surface area (Å²) in [6, 6.07) is -0.934. The minimum atomic E-state index is -4.62. The van der Waals surface area contributed by atoms with Gasteiger partial charge in [0.1, 0.15) is 13.2 Å². The third-order valence-corrected chi connectivity index (χ3v) is 10.2. The summed E-state index contributed by atoms with van der Waals surface area (Å²) in [7, 11) is 1.18. The fourth-order valence-corrected chi connectivity index (χ4v) is 6.41. The van der Waals surface area contributed by atoms with Crippen molar-refractivity contribution >= 4 is 19.5 Å². The highest BCUT2D eigenvalue weighted by Gasteiger charge is 2.23. The first-order chi connectivity index (χ1) is 26.4. The molecule has 0 fully saturated rings.